The number of aryl methyl sites for hydroxylation is 1. The molecule has 0 spiro atoms. The molecule has 2 aromatic heterocycles. The molecule has 7 nitrogen and oxygen atoms in total. The van der Waals surface area contributed by atoms with E-state index in [0.717, 1.165) is 24.0 Å². The van der Waals surface area contributed by atoms with Crippen molar-refractivity contribution in [3.05, 3.63) is 30.1 Å². The molecule has 8 heteroatoms. The van der Waals surface area contributed by atoms with Crippen LogP contribution >= 0.6 is 0 Å². The van der Waals surface area contributed by atoms with Gasteiger partial charge in [0.2, 0.25) is 0 Å². The van der Waals surface area contributed by atoms with Crippen molar-refractivity contribution in [3.63, 3.8) is 0 Å². The first kappa shape index (κ1) is 17.9. The van der Waals surface area contributed by atoms with Gasteiger partial charge in [0.05, 0.1) is 17.1 Å². The molecule has 0 aromatic carbocycles. The Balaban J connectivity index is 1.72. The van der Waals surface area contributed by atoms with E-state index in [4.69, 9.17) is 5.73 Å². The van der Waals surface area contributed by atoms with Crippen LogP contribution in [0.5, 0.6) is 0 Å². The van der Waals surface area contributed by atoms with Crippen molar-refractivity contribution < 1.29 is 13.2 Å². The number of hydrogen-bond acceptors (Lipinski definition) is 5. The van der Waals surface area contributed by atoms with Crippen LogP contribution in [0.2, 0.25) is 0 Å². The van der Waals surface area contributed by atoms with Gasteiger partial charge >= 0.3 is 0 Å². The summed E-state index contributed by atoms with van der Waals surface area (Å²) in [6, 6.07) is 3.39. The van der Waals surface area contributed by atoms with Gasteiger partial charge in [-0.3, -0.25) is 4.79 Å². The van der Waals surface area contributed by atoms with Crippen molar-refractivity contribution >= 4 is 26.8 Å². The first-order valence-electron chi connectivity index (χ1n) is 8.38. The minimum atomic E-state index is -3.02. The molecule has 3 heterocycles. The molecule has 0 saturated carbocycles. The van der Waals surface area contributed by atoms with Gasteiger partial charge in [0.15, 0.2) is 9.84 Å². The van der Waals surface area contributed by atoms with Crippen molar-refractivity contribution in [2.75, 3.05) is 11.5 Å². The number of nitrogens with two attached hydrogens (primary N) is 1. The molecule has 1 aliphatic heterocycles. The molecule has 1 amide bonds. The fourth-order valence-electron chi connectivity index (χ4n) is 2.97. The molecule has 1 atom stereocenters. The van der Waals surface area contributed by atoms with Gasteiger partial charge in [-0.15, -0.1) is 0 Å². The fraction of sp³-hybridized carbons (Fsp3) is 0.529. The molecule has 1 aliphatic rings. The Morgan fingerprint density at radius 1 is 1.48 bits per heavy atom. The van der Waals surface area contributed by atoms with E-state index in [0.29, 0.717) is 12.0 Å². The Labute approximate surface area is 147 Å². The number of hydrogen-bond donors (Lipinski definition) is 2. The third kappa shape index (κ3) is 4.38. The number of sulfone groups is 1. The lowest BCUT2D eigenvalue weighted by Gasteiger charge is -2.18. The highest BCUT2D eigenvalue weighted by molar-refractivity contribution is 7.91. The summed E-state index contributed by atoms with van der Waals surface area (Å²) in [6.45, 7) is 4.72. The number of rotatable bonds is 5. The first-order valence-corrected chi connectivity index (χ1v) is 10.2. The van der Waals surface area contributed by atoms with Crippen LogP contribution in [0.1, 0.15) is 37.0 Å². The number of fused-ring (bicyclic) bond motifs is 1. The van der Waals surface area contributed by atoms with Gasteiger partial charge in [-0.1, -0.05) is 0 Å². The summed E-state index contributed by atoms with van der Waals surface area (Å²) in [5, 5.41) is 3.66. The monoisotopic (exact) mass is 364 g/mol. The summed E-state index contributed by atoms with van der Waals surface area (Å²) in [5.74, 6) is -0.137. The standard InChI is InChI=1S/C17H24N4O3S/c1-17(2,18)5-7-21-6-3-12-9-13(10-19-15(12)21)16(22)20-14-4-8-25(23,24)11-14/h3,6,9-10,14H,4-5,7-8,11,18H2,1-2H3,(H,20,22). The maximum Gasteiger partial charge on any atom is 0.253 e. The number of carbonyl (C=O) groups excluding carboxylic acids is 1. The van der Waals surface area contributed by atoms with E-state index >= 15 is 0 Å². The average Bonchev–Trinajstić information content (AvgIpc) is 3.06. The average molecular weight is 364 g/mol. The third-order valence-electron chi connectivity index (χ3n) is 4.43. The van der Waals surface area contributed by atoms with Crippen LogP contribution in [0, 0.1) is 0 Å². The summed E-state index contributed by atoms with van der Waals surface area (Å²) < 4.78 is 25.0. The Hall–Kier alpha value is -1.93. The summed E-state index contributed by atoms with van der Waals surface area (Å²) in [6.07, 6.45) is 4.76. The van der Waals surface area contributed by atoms with Crippen molar-refractivity contribution in [1.29, 1.82) is 0 Å². The number of nitrogens with zero attached hydrogens (tertiary/aromatic N) is 2. The highest BCUT2D eigenvalue weighted by Crippen LogP contribution is 2.18. The highest BCUT2D eigenvalue weighted by atomic mass is 32.2. The number of aromatic nitrogens is 2. The zero-order valence-electron chi connectivity index (χ0n) is 14.5. The predicted octanol–water partition coefficient (Wildman–Crippen LogP) is 1.08. The predicted molar refractivity (Wildman–Crippen MR) is 97.1 cm³/mol. The molecule has 0 aliphatic carbocycles. The zero-order chi connectivity index (χ0) is 18.2. The minimum absolute atomic E-state index is 0.0136. The quantitative estimate of drug-likeness (QED) is 0.825. The molecule has 1 unspecified atom stereocenters. The van der Waals surface area contributed by atoms with E-state index < -0.39 is 9.84 Å². The minimum Gasteiger partial charge on any atom is -0.348 e. The van der Waals surface area contributed by atoms with Crippen LogP contribution in [0.3, 0.4) is 0 Å². The van der Waals surface area contributed by atoms with E-state index in [2.05, 4.69) is 10.3 Å². The fourth-order valence-corrected chi connectivity index (χ4v) is 4.64. The van der Waals surface area contributed by atoms with E-state index in [1.54, 1.807) is 6.07 Å². The molecule has 3 N–H and O–H groups in total. The van der Waals surface area contributed by atoms with Crippen LogP contribution in [0.25, 0.3) is 11.0 Å². The van der Waals surface area contributed by atoms with Gasteiger partial charge < -0.3 is 15.6 Å². The van der Waals surface area contributed by atoms with Crippen molar-refractivity contribution in [3.8, 4) is 0 Å². The largest absolute Gasteiger partial charge is 0.348 e. The number of nitrogens with one attached hydrogen (secondary N) is 1. The van der Waals surface area contributed by atoms with Crippen molar-refractivity contribution in [2.45, 2.75) is 44.8 Å². The molecule has 25 heavy (non-hydrogen) atoms. The second-order valence-electron chi connectivity index (χ2n) is 7.46. The number of amides is 1. The van der Waals surface area contributed by atoms with Gasteiger partial charge in [-0.2, -0.15) is 0 Å². The molecular formula is C17H24N4O3S. The lowest BCUT2D eigenvalue weighted by atomic mass is 10.0. The first-order chi connectivity index (χ1) is 11.6. The van der Waals surface area contributed by atoms with Gasteiger partial charge in [0, 0.05) is 35.9 Å². The van der Waals surface area contributed by atoms with E-state index in [9.17, 15) is 13.2 Å². The maximum absolute atomic E-state index is 12.4. The Morgan fingerprint density at radius 2 is 2.24 bits per heavy atom. The molecule has 0 radical (unpaired) electrons. The second-order valence-corrected chi connectivity index (χ2v) is 9.69. The summed E-state index contributed by atoms with van der Waals surface area (Å²) in [4.78, 5) is 16.8. The molecule has 1 fully saturated rings. The summed E-state index contributed by atoms with van der Waals surface area (Å²) in [5.41, 5.74) is 7.02. The molecule has 2 aromatic rings. The zero-order valence-corrected chi connectivity index (χ0v) is 15.3. The third-order valence-corrected chi connectivity index (χ3v) is 6.20. The number of carbonyl (C=O) groups is 1. The molecular weight excluding hydrogens is 340 g/mol. The topological polar surface area (TPSA) is 107 Å². The van der Waals surface area contributed by atoms with Gasteiger partial charge in [-0.05, 0) is 38.8 Å². The van der Waals surface area contributed by atoms with Gasteiger partial charge in [-0.25, -0.2) is 13.4 Å². The Morgan fingerprint density at radius 3 is 2.88 bits per heavy atom. The lowest BCUT2D eigenvalue weighted by Crippen LogP contribution is -2.35. The van der Waals surface area contributed by atoms with Crippen molar-refractivity contribution in [2.24, 2.45) is 5.73 Å². The highest BCUT2D eigenvalue weighted by Gasteiger charge is 2.29. The molecule has 1 saturated heterocycles. The Kier molecular flexibility index (Phi) is 4.59. The lowest BCUT2D eigenvalue weighted by molar-refractivity contribution is 0.0941. The Bertz CT molecular complexity index is 896. The molecule has 136 valence electrons. The SMILES string of the molecule is CC(C)(N)CCn1ccc2cc(C(=O)NC3CCS(=O)(=O)C3)cnc21. The maximum atomic E-state index is 12.4. The van der Waals surface area contributed by atoms with Gasteiger partial charge in [0.25, 0.3) is 5.91 Å². The van der Waals surface area contributed by atoms with E-state index in [1.807, 2.05) is 30.7 Å². The number of pyridine rings is 1. The van der Waals surface area contributed by atoms with Crippen LogP contribution in [0.15, 0.2) is 24.5 Å². The van der Waals surface area contributed by atoms with Crippen molar-refractivity contribution in [1.82, 2.24) is 14.9 Å². The summed E-state index contributed by atoms with van der Waals surface area (Å²) >= 11 is 0. The smallest absolute Gasteiger partial charge is 0.253 e. The second kappa shape index (κ2) is 6.42. The van der Waals surface area contributed by atoms with Crippen LogP contribution in [0.4, 0.5) is 0 Å². The molecule has 3 rings (SSSR count). The normalized spacial score (nSPS) is 20.0. The molecule has 0 bridgehead atoms. The van der Waals surface area contributed by atoms with Crippen LogP contribution in [-0.4, -0.2) is 47.0 Å². The van der Waals surface area contributed by atoms with Gasteiger partial charge in [0.1, 0.15) is 5.65 Å². The summed E-state index contributed by atoms with van der Waals surface area (Å²) in [7, 11) is -3.02. The van der Waals surface area contributed by atoms with Crippen LogP contribution < -0.4 is 11.1 Å². The van der Waals surface area contributed by atoms with E-state index in [-0.39, 0.29) is 29.0 Å². The van der Waals surface area contributed by atoms with Crippen LogP contribution in [-0.2, 0) is 16.4 Å². The van der Waals surface area contributed by atoms with E-state index in [1.165, 1.54) is 6.20 Å².